The average molecular weight is 191 g/mol. The van der Waals surface area contributed by atoms with Crippen LogP contribution in [0.1, 0.15) is 6.42 Å². The lowest BCUT2D eigenvalue weighted by Gasteiger charge is -2.24. The van der Waals surface area contributed by atoms with Gasteiger partial charge in [-0.1, -0.05) is 0 Å². The monoisotopic (exact) mass is 191 g/mol. The van der Waals surface area contributed by atoms with Gasteiger partial charge in [-0.15, -0.1) is 23.5 Å². The van der Waals surface area contributed by atoms with Gasteiger partial charge in [0.2, 0.25) is 6.29 Å². The van der Waals surface area contributed by atoms with E-state index in [1.165, 1.54) is 11.5 Å². The van der Waals surface area contributed by atoms with Crippen LogP contribution in [0.2, 0.25) is 0 Å². The summed E-state index contributed by atoms with van der Waals surface area (Å²) in [6.45, 7) is 1.68. The third-order valence-electron chi connectivity index (χ3n) is 1.59. The van der Waals surface area contributed by atoms with Gasteiger partial charge in [-0.2, -0.15) is 0 Å². The Kier molecular flexibility index (Phi) is 3.01. The topological polar surface area (TPSA) is 18.5 Å². The van der Waals surface area contributed by atoms with E-state index in [2.05, 4.69) is 0 Å². The molecule has 1 radical (unpaired) electrons. The molecule has 2 heterocycles. The van der Waals surface area contributed by atoms with Crippen molar-refractivity contribution in [2.45, 2.75) is 11.0 Å². The van der Waals surface area contributed by atoms with Crippen molar-refractivity contribution in [2.75, 3.05) is 24.7 Å². The fraction of sp³-hybridized carbons (Fsp3) is 0.857. The van der Waals surface area contributed by atoms with Gasteiger partial charge in [-0.05, 0) is 6.42 Å². The van der Waals surface area contributed by atoms with Gasteiger partial charge in [0.1, 0.15) is 4.58 Å². The standard InChI is InChI=1S/C7H11O2S2/c1-2-8-6(9-3-1)7-10-4-5-11-7/h7H,1-5H2. The molecule has 63 valence electrons. The number of hydrogen-bond acceptors (Lipinski definition) is 4. The maximum atomic E-state index is 5.41. The Morgan fingerprint density at radius 2 is 1.73 bits per heavy atom. The van der Waals surface area contributed by atoms with Gasteiger partial charge in [0.25, 0.3) is 0 Å². The van der Waals surface area contributed by atoms with Gasteiger partial charge < -0.3 is 9.47 Å². The van der Waals surface area contributed by atoms with Gasteiger partial charge in [0.05, 0.1) is 13.2 Å². The normalized spacial score (nSPS) is 29.5. The van der Waals surface area contributed by atoms with E-state index in [1.54, 1.807) is 0 Å². The van der Waals surface area contributed by atoms with E-state index in [1.807, 2.05) is 23.5 Å². The largest absolute Gasteiger partial charge is 0.344 e. The molecule has 2 nitrogen and oxygen atoms in total. The first kappa shape index (κ1) is 8.23. The molecule has 2 aliphatic rings. The average Bonchev–Trinajstić information content (AvgIpc) is 2.58. The van der Waals surface area contributed by atoms with Crippen molar-refractivity contribution in [1.29, 1.82) is 0 Å². The highest BCUT2D eigenvalue weighted by atomic mass is 32.2. The fourth-order valence-electron chi connectivity index (χ4n) is 1.08. The molecule has 2 rings (SSSR count). The highest BCUT2D eigenvalue weighted by Crippen LogP contribution is 2.40. The van der Waals surface area contributed by atoms with Gasteiger partial charge >= 0.3 is 0 Å². The van der Waals surface area contributed by atoms with E-state index in [0.717, 1.165) is 25.9 Å². The van der Waals surface area contributed by atoms with Crippen molar-refractivity contribution in [3.8, 4) is 0 Å². The van der Waals surface area contributed by atoms with Crippen LogP contribution < -0.4 is 0 Å². The molecule has 0 aromatic rings. The van der Waals surface area contributed by atoms with Gasteiger partial charge in [0.15, 0.2) is 0 Å². The minimum absolute atomic E-state index is 0.454. The van der Waals surface area contributed by atoms with Crippen molar-refractivity contribution in [3.05, 3.63) is 6.29 Å². The van der Waals surface area contributed by atoms with E-state index in [0.29, 0.717) is 4.58 Å². The first-order valence-electron chi connectivity index (χ1n) is 3.82. The van der Waals surface area contributed by atoms with Crippen LogP contribution in [0.25, 0.3) is 0 Å². The molecule has 0 aromatic carbocycles. The molecule has 0 N–H and O–H groups in total. The summed E-state index contributed by atoms with van der Waals surface area (Å²) < 4.78 is 11.3. The molecule has 11 heavy (non-hydrogen) atoms. The smallest absolute Gasteiger partial charge is 0.247 e. The molecule has 2 fully saturated rings. The Hall–Kier alpha value is 0.620. The van der Waals surface area contributed by atoms with E-state index < -0.39 is 0 Å². The summed E-state index contributed by atoms with van der Waals surface area (Å²) >= 11 is 3.85. The zero-order valence-electron chi connectivity index (χ0n) is 6.25. The van der Waals surface area contributed by atoms with E-state index in [4.69, 9.17) is 9.47 Å². The van der Waals surface area contributed by atoms with Crippen molar-refractivity contribution >= 4 is 23.5 Å². The summed E-state index contributed by atoms with van der Waals surface area (Å²) in [4.78, 5) is 0. The lowest BCUT2D eigenvalue weighted by molar-refractivity contribution is -0.0811. The quantitative estimate of drug-likeness (QED) is 0.628. The first-order valence-corrected chi connectivity index (χ1v) is 5.92. The minimum atomic E-state index is 0.454. The Bertz CT molecular complexity index is 120. The summed E-state index contributed by atoms with van der Waals surface area (Å²) in [5, 5.41) is 0. The van der Waals surface area contributed by atoms with Crippen LogP contribution in [0.5, 0.6) is 0 Å². The van der Waals surface area contributed by atoms with Gasteiger partial charge in [0, 0.05) is 11.5 Å². The maximum absolute atomic E-state index is 5.41. The zero-order chi connectivity index (χ0) is 7.52. The minimum Gasteiger partial charge on any atom is -0.344 e. The third-order valence-corrected chi connectivity index (χ3v) is 4.54. The van der Waals surface area contributed by atoms with Crippen LogP contribution in [0.4, 0.5) is 0 Å². The van der Waals surface area contributed by atoms with E-state index >= 15 is 0 Å². The second kappa shape index (κ2) is 4.03. The highest BCUT2D eigenvalue weighted by Gasteiger charge is 2.31. The molecule has 0 bridgehead atoms. The highest BCUT2D eigenvalue weighted by molar-refractivity contribution is 8.20. The predicted octanol–water partition coefficient (Wildman–Crippen LogP) is 1.72. The second-order valence-electron chi connectivity index (χ2n) is 2.44. The lowest BCUT2D eigenvalue weighted by atomic mass is 10.4. The molecule has 0 atom stereocenters. The SMILES string of the molecule is C1CO[C](C2SCCS2)OC1. The molecule has 2 aliphatic heterocycles. The molecule has 0 amide bonds. The molecule has 0 spiro atoms. The van der Waals surface area contributed by atoms with E-state index in [9.17, 15) is 0 Å². The predicted molar refractivity (Wildman–Crippen MR) is 48.5 cm³/mol. The molecule has 0 saturated carbocycles. The van der Waals surface area contributed by atoms with Gasteiger partial charge in [-0.3, -0.25) is 0 Å². The summed E-state index contributed by atoms with van der Waals surface area (Å²) in [6, 6.07) is 0. The maximum Gasteiger partial charge on any atom is 0.247 e. The third kappa shape index (κ3) is 2.05. The van der Waals surface area contributed by atoms with Crippen LogP contribution in [0.3, 0.4) is 0 Å². The molecule has 0 unspecified atom stereocenters. The van der Waals surface area contributed by atoms with E-state index in [-0.39, 0.29) is 0 Å². The number of hydrogen-bond donors (Lipinski definition) is 0. The van der Waals surface area contributed by atoms with Crippen LogP contribution in [0, 0.1) is 6.29 Å². The van der Waals surface area contributed by atoms with Gasteiger partial charge in [-0.25, -0.2) is 0 Å². The molecule has 0 aliphatic carbocycles. The molecular weight excluding hydrogens is 180 g/mol. The van der Waals surface area contributed by atoms with Crippen molar-refractivity contribution in [3.63, 3.8) is 0 Å². The van der Waals surface area contributed by atoms with Crippen molar-refractivity contribution in [1.82, 2.24) is 0 Å². The fourth-order valence-corrected chi connectivity index (χ4v) is 3.78. The lowest BCUT2D eigenvalue weighted by Crippen LogP contribution is -2.23. The van der Waals surface area contributed by atoms with Crippen LogP contribution in [-0.4, -0.2) is 29.3 Å². The summed E-state index contributed by atoms with van der Waals surface area (Å²) in [5.41, 5.74) is 0. The summed E-state index contributed by atoms with van der Waals surface area (Å²) in [6.07, 6.45) is 1.90. The second-order valence-corrected chi connectivity index (χ2v) is 5.17. The van der Waals surface area contributed by atoms with Crippen molar-refractivity contribution < 1.29 is 9.47 Å². The number of ether oxygens (including phenoxy) is 2. The molecule has 2 saturated heterocycles. The Labute approximate surface area is 75.4 Å². The zero-order valence-corrected chi connectivity index (χ0v) is 7.88. The molecule has 4 heteroatoms. The number of rotatable bonds is 1. The Morgan fingerprint density at radius 3 is 2.36 bits per heavy atom. The first-order chi connectivity index (χ1) is 5.47. The van der Waals surface area contributed by atoms with Crippen LogP contribution in [-0.2, 0) is 9.47 Å². The molecule has 0 aromatic heterocycles. The van der Waals surface area contributed by atoms with Crippen molar-refractivity contribution in [2.24, 2.45) is 0 Å². The van der Waals surface area contributed by atoms with Crippen LogP contribution in [0.15, 0.2) is 0 Å². The Balaban J connectivity index is 1.82. The number of thioether (sulfide) groups is 2. The summed E-state index contributed by atoms with van der Waals surface area (Å²) in [7, 11) is 0. The van der Waals surface area contributed by atoms with Crippen LogP contribution >= 0.6 is 23.5 Å². The Morgan fingerprint density at radius 1 is 1.09 bits per heavy atom. The molecular formula is C7H11O2S2. The summed E-state index contributed by atoms with van der Waals surface area (Å²) in [5.74, 6) is 2.46.